The van der Waals surface area contributed by atoms with Crippen molar-refractivity contribution in [1.29, 1.82) is 0 Å². The molecule has 20 heavy (non-hydrogen) atoms. The van der Waals surface area contributed by atoms with Gasteiger partial charge in [0.15, 0.2) is 0 Å². The Morgan fingerprint density at radius 1 is 1.45 bits per heavy atom. The summed E-state index contributed by atoms with van der Waals surface area (Å²) in [4.78, 5) is 18.5. The fourth-order valence-corrected chi connectivity index (χ4v) is 2.64. The molecular formula is C14H25N5O. The summed E-state index contributed by atoms with van der Waals surface area (Å²) in [6, 6.07) is 0.304. The van der Waals surface area contributed by atoms with E-state index in [1.165, 1.54) is 19.2 Å². The highest BCUT2D eigenvalue weighted by atomic mass is 16.2. The summed E-state index contributed by atoms with van der Waals surface area (Å²) in [6.45, 7) is 7.84. The van der Waals surface area contributed by atoms with Crippen LogP contribution in [0.5, 0.6) is 0 Å². The molecule has 1 fully saturated rings. The summed E-state index contributed by atoms with van der Waals surface area (Å²) in [5.74, 6) is 0.109. The number of rotatable bonds is 5. The summed E-state index contributed by atoms with van der Waals surface area (Å²) in [5, 5.41) is 7.57. The maximum atomic E-state index is 12.7. The minimum Gasteiger partial charge on any atom is -0.337 e. The van der Waals surface area contributed by atoms with Crippen molar-refractivity contribution in [3.63, 3.8) is 0 Å². The van der Waals surface area contributed by atoms with E-state index in [1.54, 1.807) is 11.0 Å². The van der Waals surface area contributed by atoms with Gasteiger partial charge in [-0.15, -0.1) is 0 Å². The molecule has 2 atom stereocenters. The third kappa shape index (κ3) is 3.56. The van der Waals surface area contributed by atoms with Crippen LogP contribution >= 0.6 is 0 Å². The minimum atomic E-state index is -0.302. The van der Waals surface area contributed by atoms with Gasteiger partial charge in [-0.1, -0.05) is 6.42 Å². The first-order valence-electron chi connectivity index (χ1n) is 7.47. The van der Waals surface area contributed by atoms with Gasteiger partial charge in [0.2, 0.25) is 5.91 Å². The van der Waals surface area contributed by atoms with Crippen molar-refractivity contribution in [3.8, 4) is 0 Å². The minimum absolute atomic E-state index is 0.109. The van der Waals surface area contributed by atoms with Crippen LogP contribution in [0, 0.1) is 0 Å². The molecule has 6 heteroatoms. The van der Waals surface area contributed by atoms with Crippen LogP contribution in [0.4, 0.5) is 0 Å². The van der Waals surface area contributed by atoms with E-state index in [0.29, 0.717) is 6.04 Å². The van der Waals surface area contributed by atoms with Crippen molar-refractivity contribution < 1.29 is 4.79 Å². The predicted octanol–water partition coefficient (Wildman–Crippen LogP) is 1.22. The third-order valence-electron chi connectivity index (χ3n) is 3.93. The Balaban J connectivity index is 2.01. The number of piperidine rings is 1. The largest absolute Gasteiger partial charge is 0.337 e. The maximum Gasteiger partial charge on any atom is 0.247 e. The quantitative estimate of drug-likeness (QED) is 0.880. The summed E-state index contributed by atoms with van der Waals surface area (Å²) < 4.78 is 1.62. The van der Waals surface area contributed by atoms with Gasteiger partial charge in [-0.3, -0.25) is 4.79 Å². The molecule has 0 aliphatic carbocycles. The van der Waals surface area contributed by atoms with Crippen molar-refractivity contribution >= 4 is 5.91 Å². The number of nitrogens with zero attached hydrogens (tertiary/aromatic N) is 4. The Bertz CT molecular complexity index is 411. The second kappa shape index (κ2) is 6.83. The van der Waals surface area contributed by atoms with Crippen LogP contribution in [0.1, 0.15) is 46.1 Å². The van der Waals surface area contributed by atoms with Crippen molar-refractivity contribution in [1.82, 2.24) is 25.0 Å². The van der Waals surface area contributed by atoms with E-state index in [1.807, 2.05) is 11.8 Å². The van der Waals surface area contributed by atoms with Crippen LogP contribution in [0.2, 0.25) is 0 Å². The van der Waals surface area contributed by atoms with Gasteiger partial charge in [0, 0.05) is 18.6 Å². The molecule has 0 aromatic carbocycles. The highest BCUT2D eigenvalue weighted by Gasteiger charge is 2.27. The zero-order chi connectivity index (χ0) is 14.5. The molecule has 0 radical (unpaired) electrons. The molecule has 1 N–H and O–H groups in total. The van der Waals surface area contributed by atoms with Crippen LogP contribution in [0.15, 0.2) is 12.7 Å². The summed E-state index contributed by atoms with van der Waals surface area (Å²) >= 11 is 0. The average Bonchev–Trinajstić information content (AvgIpc) is 2.98. The van der Waals surface area contributed by atoms with E-state index in [0.717, 1.165) is 19.5 Å². The Kier molecular flexibility index (Phi) is 5.11. The summed E-state index contributed by atoms with van der Waals surface area (Å²) in [6.07, 6.45) is 6.69. The lowest BCUT2D eigenvalue weighted by Crippen LogP contribution is -2.49. The molecule has 1 aliphatic heterocycles. The molecule has 112 valence electrons. The van der Waals surface area contributed by atoms with Gasteiger partial charge in [0.1, 0.15) is 18.7 Å². The number of nitrogens with one attached hydrogen (secondary N) is 1. The smallest absolute Gasteiger partial charge is 0.247 e. The molecule has 1 saturated heterocycles. The standard InChI is InChI=1S/C14H25N5O/c1-11(2)18(8-13-6-4-5-7-16-13)14(20)12(3)19-10-15-9-17-19/h9-13,16H,4-8H2,1-3H3. The predicted molar refractivity (Wildman–Crippen MR) is 77.2 cm³/mol. The Hall–Kier alpha value is -1.43. The number of carbonyl (C=O) groups excluding carboxylic acids is 1. The van der Waals surface area contributed by atoms with Crippen LogP contribution < -0.4 is 5.32 Å². The zero-order valence-electron chi connectivity index (χ0n) is 12.6. The van der Waals surface area contributed by atoms with E-state index < -0.39 is 0 Å². The number of hydrogen-bond donors (Lipinski definition) is 1. The van der Waals surface area contributed by atoms with Gasteiger partial charge in [-0.2, -0.15) is 5.10 Å². The summed E-state index contributed by atoms with van der Waals surface area (Å²) in [7, 11) is 0. The van der Waals surface area contributed by atoms with Gasteiger partial charge in [-0.25, -0.2) is 9.67 Å². The molecule has 2 rings (SSSR count). The van der Waals surface area contributed by atoms with Crippen molar-refractivity contribution in [2.45, 2.75) is 58.2 Å². The second-order valence-electron chi connectivity index (χ2n) is 5.78. The van der Waals surface area contributed by atoms with E-state index in [9.17, 15) is 4.79 Å². The lowest BCUT2D eigenvalue weighted by Gasteiger charge is -2.34. The number of aromatic nitrogens is 3. The van der Waals surface area contributed by atoms with Gasteiger partial charge < -0.3 is 10.2 Å². The first-order valence-corrected chi connectivity index (χ1v) is 7.47. The summed E-state index contributed by atoms with van der Waals surface area (Å²) in [5.41, 5.74) is 0. The molecule has 1 aromatic rings. The lowest BCUT2D eigenvalue weighted by atomic mass is 10.0. The molecule has 2 unspecified atom stereocenters. The maximum absolute atomic E-state index is 12.7. The average molecular weight is 279 g/mol. The molecule has 1 amide bonds. The van der Waals surface area contributed by atoms with Crippen molar-refractivity contribution in [3.05, 3.63) is 12.7 Å². The zero-order valence-corrected chi connectivity index (χ0v) is 12.6. The number of amides is 1. The SMILES string of the molecule is CC(C)N(CC1CCCCN1)C(=O)C(C)n1cncn1. The molecule has 0 spiro atoms. The molecule has 0 bridgehead atoms. The van der Waals surface area contributed by atoms with Crippen molar-refractivity contribution in [2.75, 3.05) is 13.1 Å². The Morgan fingerprint density at radius 2 is 2.25 bits per heavy atom. The van der Waals surface area contributed by atoms with Crippen LogP contribution in [0.25, 0.3) is 0 Å². The Labute approximate surface area is 120 Å². The van der Waals surface area contributed by atoms with Crippen LogP contribution in [-0.4, -0.2) is 50.7 Å². The van der Waals surface area contributed by atoms with Crippen LogP contribution in [-0.2, 0) is 4.79 Å². The monoisotopic (exact) mass is 279 g/mol. The van der Waals surface area contributed by atoms with E-state index in [4.69, 9.17) is 0 Å². The molecular weight excluding hydrogens is 254 g/mol. The topological polar surface area (TPSA) is 63.1 Å². The molecule has 0 saturated carbocycles. The van der Waals surface area contributed by atoms with Gasteiger partial charge >= 0.3 is 0 Å². The van der Waals surface area contributed by atoms with Gasteiger partial charge in [-0.05, 0) is 40.2 Å². The normalized spacial score (nSPS) is 20.9. The second-order valence-corrected chi connectivity index (χ2v) is 5.78. The van der Waals surface area contributed by atoms with Gasteiger partial charge in [0.25, 0.3) is 0 Å². The number of carbonyl (C=O) groups is 1. The molecule has 2 heterocycles. The molecule has 1 aliphatic rings. The first kappa shape index (κ1) is 15.0. The van der Waals surface area contributed by atoms with Gasteiger partial charge in [0.05, 0.1) is 0 Å². The lowest BCUT2D eigenvalue weighted by molar-refractivity contribution is -0.136. The van der Waals surface area contributed by atoms with E-state index >= 15 is 0 Å². The van der Waals surface area contributed by atoms with Crippen LogP contribution in [0.3, 0.4) is 0 Å². The third-order valence-corrected chi connectivity index (χ3v) is 3.93. The van der Waals surface area contributed by atoms with E-state index in [2.05, 4.69) is 29.2 Å². The Morgan fingerprint density at radius 3 is 2.80 bits per heavy atom. The molecule has 6 nitrogen and oxygen atoms in total. The highest BCUT2D eigenvalue weighted by Crippen LogP contribution is 2.15. The van der Waals surface area contributed by atoms with E-state index in [-0.39, 0.29) is 18.0 Å². The fourth-order valence-electron chi connectivity index (χ4n) is 2.64. The fraction of sp³-hybridized carbons (Fsp3) is 0.786. The first-order chi connectivity index (χ1) is 9.59. The molecule has 1 aromatic heterocycles. The van der Waals surface area contributed by atoms with Crippen molar-refractivity contribution in [2.24, 2.45) is 0 Å². The number of hydrogen-bond acceptors (Lipinski definition) is 4. The highest BCUT2D eigenvalue weighted by molar-refractivity contribution is 5.80.